The van der Waals surface area contributed by atoms with E-state index in [1.165, 1.54) is 6.07 Å². The average Bonchev–Trinajstić information content (AvgIpc) is 1.95. The predicted octanol–water partition coefficient (Wildman–Crippen LogP) is 1.46. The predicted molar refractivity (Wildman–Crippen MR) is 38.1 cm³/mol. The number of hydrogen-bond acceptors (Lipinski definition) is 2. The standard InChI is InChI=1S/C8H8O2/c1-6-5-7(10-2)3-4-8(6)9/h1,3-5,9H,2H3. The minimum atomic E-state index is 0.0841. The highest BCUT2D eigenvalue weighted by Crippen LogP contribution is 2.20. The zero-order chi connectivity index (χ0) is 7.56. The van der Waals surface area contributed by atoms with Crippen molar-refractivity contribution in [2.24, 2.45) is 0 Å². The van der Waals surface area contributed by atoms with Crippen LogP contribution in [-0.4, -0.2) is 12.2 Å². The Morgan fingerprint density at radius 3 is 2.70 bits per heavy atom. The first kappa shape index (κ1) is 6.93. The fourth-order valence-corrected chi connectivity index (χ4v) is 0.660. The van der Waals surface area contributed by atoms with E-state index in [-0.39, 0.29) is 5.75 Å². The van der Waals surface area contributed by atoms with Crippen molar-refractivity contribution in [1.29, 1.82) is 0 Å². The van der Waals surface area contributed by atoms with Gasteiger partial charge in [-0.05, 0) is 18.2 Å². The molecule has 1 aromatic rings. The van der Waals surface area contributed by atoms with Gasteiger partial charge in [0, 0.05) is 12.5 Å². The molecule has 0 aliphatic rings. The molecule has 0 aliphatic carbocycles. The molecule has 0 atom stereocenters. The van der Waals surface area contributed by atoms with E-state index in [1.807, 2.05) is 0 Å². The Morgan fingerprint density at radius 2 is 2.20 bits per heavy atom. The Balaban J connectivity index is 3.04. The number of ether oxygens (including phenoxy) is 1. The van der Waals surface area contributed by atoms with E-state index in [1.54, 1.807) is 19.2 Å². The highest BCUT2D eigenvalue weighted by Gasteiger charge is 1.95. The highest BCUT2D eigenvalue weighted by molar-refractivity contribution is 5.40. The highest BCUT2D eigenvalue weighted by atomic mass is 16.5. The van der Waals surface area contributed by atoms with Crippen LogP contribution in [-0.2, 0) is 0 Å². The zero-order valence-electron chi connectivity index (χ0n) is 5.66. The molecular formula is C8H8O2. The molecule has 0 saturated carbocycles. The van der Waals surface area contributed by atoms with Crippen molar-refractivity contribution in [2.75, 3.05) is 7.11 Å². The van der Waals surface area contributed by atoms with Gasteiger partial charge in [-0.3, -0.25) is 0 Å². The number of rotatable bonds is 1. The summed E-state index contributed by atoms with van der Waals surface area (Å²) in [5, 5.41) is 8.96. The molecule has 1 aromatic carbocycles. The normalized spacial score (nSPS) is 9.40. The summed E-state index contributed by atoms with van der Waals surface area (Å²) in [7, 11) is 1.55. The SMILES string of the molecule is [CH]c1cc(OC)ccc1O. The van der Waals surface area contributed by atoms with Crippen molar-refractivity contribution in [3.05, 3.63) is 30.7 Å². The summed E-state index contributed by atoms with van der Waals surface area (Å²) in [5.41, 5.74) is 0.333. The fraction of sp³-hybridized carbons (Fsp3) is 0.125. The van der Waals surface area contributed by atoms with Crippen LogP contribution in [0.1, 0.15) is 5.56 Å². The lowest BCUT2D eigenvalue weighted by Crippen LogP contribution is -1.82. The molecule has 0 aliphatic heterocycles. The molecule has 0 unspecified atom stereocenters. The summed E-state index contributed by atoms with van der Waals surface area (Å²) in [6, 6.07) is 4.70. The van der Waals surface area contributed by atoms with Gasteiger partial charge >= 0.3 is 0 Å². The van der Waals surface area contributed by atoms with E-state index in [9.17, 15) is 0 Å². The molecular weight excluding hydrogens is 128 g/mol. The second-order valence-electron chi connectivity index (χ2n) is 1.92. The largest absolute Gasteiger partial charge is 0.508 e. The molecule has 0 bridgehead atoms. The lowest BCUT2D eigenvalue weighted by molar-refractivity contribution is 0.412. The minimum absolute atomic E-state index is 0.0841. The van der Waals surface area contributed by atoms with Crippen LogP contribution < -0.4 is 4.74 Å². The quantitative estimate of drug-likeness (QED) is 0.633. The monoisotopic (exact) mass is 136 g/mol. The third-order valence-corrected chi connectivity index (χ3v) is 1.23. The molecule has 0 aromatic heterocycles. The van der Waals surface area contributed by atoms with Crippen molar-refractivity contribution in [3.8, 4) is 11.5 Å². The van der Waals surface area contributed by atoms with Gasteiger partial charge < -0.3 is 9.84 Å². The van der Waals surface area contributed by atoms with E-state index < -0.39 is 0 Å². The number of phenols is 1. The van der Waals surface area contributed by atoms with Crippen molar-refractivity contribution in [1.82, 2.24) is 0 Å². The van der Waals surface area contributed by atoms with Gasteiger partial charge in [-0.15, -0.1) is 0 Å². The Morgan fingerprint density at radius 1 is 1.50 bits per heavy atom. The van der Waals surface area contributed by atoms with Crippen molar-refractivity contribution in [3.63, 3.8) is 0 Å². The van der Waals surface area contributed by atoms with Crippen LogP contribution in [0.4, 0.5) is 0 Å². The van der Waals surface area contributed by atoms with Crippen LogP contribution in [0.25, 0.3) is 0 Å². The molecule has 52 valence electrons. The Labute approximate surface area is 60.1 Å². The summed E-state index contributed by atoms with van der Waals surface area (Å²) in [6.45, 7) is 5.37. The molecule has 0 spiro atoms. The van der Waals surface area contributed by atoms with Crippen LogP contribution >= 0.6 is 0 Å². The van der Waals surface area contributed by atoms with Gasteiger partial charge in [-0.2, -0.15) is 0 Å². The number of benzene rings is 1. The molecule has 2 radical (unpaired) electrons. The van der Waals surface area contributed by atoms with Crippen molar-refractivity contribution in [2.45, 2.75) is 0 Å². The molecule has 0 fully saturated rings. The van der Waals surface area contributed by atoms with Gasteiger partial charge in [0.05, 0.1) is 7.11 Å². The summed E-state index contributed by atoms with van der Waals surface area (Å²) < 4.78 is 4.86. The van der Waals surface area contributed by atoms with Crippen LogP contribution in [0.2, 0.25) is 0 Å². The molecule has 1 N–H and O–H groups in total. The summed E-state index contributed by atoms with van der Waals surface area (Å²) >= 11 is 0. The minimum Gasteiger partial charge on any atom is -0.508 e. The average molecular weight is 136 g/mol. The van der Waals surface area contributed by atoms with Gasteiger partial charge in [0.1, 0.15) is 11.5 Å². The molecule has 1 rings (SSSR count). The molecule has 0 saturated heterocycles. The first-order valence-electron chi connectivity index (χ1n) is 2.86. The van der Waals surface area contributed by atoms with Gasteiger partial charge in [0.2, 0.25) is 0 Å². The number of aromatic hydroxyl groups is 1. The molecule has 0 heterocycles. The number of methoxy groups -OCH3 is 1. The van der Waals surface area contributed by atoms with Crippen molar-refractivity contribution >= 4 is 0 Å². The summed E-state index contributed by atoms with van der Waals surface area (Å²) in [5.74, 6) is 0.733. The maximum absolute atomic E-state index is 8.96. The van der Waals surface area contributed by atoms with Crippen LogP contribution in [0.3, 0.4) is 0 Å². The van der Waals surface area contributed by atoms with E-state index in [0.717, 1.165) is 0 Å². The lowest BCUT2D eigenvalue weighted by Gasteiger charge is -2.01. The van der Waals surface area contributed by atoms with E-state index in [4.69, 9.17) is 16.8 Å². The third kappa shape index (κ3) is 1.21. The van der Waals surface area contributed by atoms with E-state index in [0.29, 0.717) is 11.3 Å². The lowest BCUT2D eigenvalue weighted by atomic mass is 10.2. The fourth-order valence-electron chi connectivity index (χ4n) is 0.660. The number of hydrogen-bond donors (Lipinski definition) is 1. The Hall–Kier alpha value is -1.18. The van der Waals surface area contributed by atoms with Crippen molar-refractivity contribution < 1.29 is 9.84 Å². The maximum Gasteiger partial charge on any atom is 0.119 e. The van der Waals surface area contributed by atoms with Gasteiger partial charge in [0.15, 0.2) is 0 Å². The topological polar surface area (TPSA) is 29.5 Å². The molecule has 0 amide bonds. The first-order chi connectivity index (χ1) is 4.74. The van der Waals surface area contributed by atoms with E-state index in [2.05, 4.69) is 0 Å². The molecule has 2 nitrogen and oxygen atoms in total. The van der Waals surface area contributed by atoms with Gasteiger partial charge in [-0.1, -0.05) is 0 Å². The third-order valence-electron chi connectivity index (χ3n) is 1.23. The smallest absolute Gasteiger partial charge is 0.119 e. The van der Waals surface area contributed by atoms with Crippen LogP contribution in [0, 0.1) is 6.92 Å². The molecule has 2 heteroatoms. The number of phenolic OH excluding ortho intramolecular Hbond substituents is 1. The Kier molecular flexibility index (Phi) is 1.81. The second-order valence-corrected chi connectivity index (χ2v) is 1.92. The zero-order valence-corrected chi connectivity index (χ0v) is 5.66. The summed E-state index contributed by atoms with van der Waals surface area (Å²) in [4.78, 5) is 0. The maximum atomic E-state index is 8.96. The molecule has 10 heavy (non-hydrogen) atoms. The Bertz CT molecular complexity index is 231. The first-order valence-corrected chi connectivity index (χ1v) is 2.86. The summed E-state index contributed by atoms with van der Waals surface area (Å²) in [6.07, 6.45) is 0. The van der Waals surface area contributed by atoms with E-state index >= 15 is 0 Å². The van der Waals surface area contributed by atoms with Gasteiger partial charge in [0.25, 0.3) is 0 Å². The van der Waals surface area contributed by atoms with Crippen LogP contribution in [0.5, 0.6) is 11.5 Å². The van der Waals surface area contributed by atoms with Gasteiger partial charge in [-0.25, -0.2) is 0 Å². The van der Waals surface area contributed by atoms with Crippen LogP contribution in [0.15, 0.2) is 18.2 Å². The second kappa shape index (κ2) is 2.60.